The Bertz CT molecular complexity index is 1220. The Morgan fingerprint density at radius 3 is 2.74 bits per heavy atom. The molecule has 1 N–H and O–H groups in total. The van der Waals surface area contributed by atoms with Crippen LogP contribution in [0.2, 0.25) is 0 Å². The first kappa shape index (κ1) is 19.2. The number of anilines is 1. The van der Waals surface area contributed by atoms with Crippen molar-refractivity contribution in [1.29, 1.82) is 0 Å². The standard InChI is InChI=1S/C23H22FN7/c1-2-10-26-23-27-11-9-19(28-23)22-21(16-3-5-17(24)6-4-16)29-20-8-7-18(31(20)22)14-30-13-12-25-15-30/h3-6,9,11-15H,2,7-8,10H2,1H3,(H,26,27,28)/b18-14+. The number of hydrogen-bond acceptors (Lipinski definition) is 5. The SMILES string of the molecule is CCCNc1nccc(-c2c(-c3ccc(F)cc3)nc3n2/C(=C/n2ccnc2)CC3)n1. The summed E-state index contributed by atoms with van der Waals surface area (Å²) < 4.78 is 17.6. The Labute approximate surface area is 179 Å². The largest absolute Gasteiger partial charge is 0.354 e. The zero-order chi connectivity index (χ0) is 21.2. The lowest BCUT2D eigenvalue weighted by Crippen LogP contribution is -2.06. The Hall–Kier alpha value is -3.81. The number of nitrogens with zero attached hydrogens (tertiary/aromatic N) is 6. The van der Waals surface area contributed by atoms with Gasteiger partial charge in [-0.3, -0.25) is 4.57 Å². The summed E-state index contributed by atoms with van der Waals surface area (Å²) in [7, 11) is 0. The molecule has 7 nitrogen and oxygen atoms in total. The van der Waals surface area contributed by atoms with E-state index in [-0.39, 0.29) is 5.82 Å². The van der Waals surface area contributed by atoms with Gasteiger partial charge in [-0.15, -0.1) is 0 Å². The first-order chi connectivity index (χ1) is 15.2. The van der Waals surface area contributed by atoms with Crippen molar-refractivity contribution in [3.8, 4) is 22.6 Å². The van der Waals surface area contributed by atoms with Gasteiger partial charge < -0.3 is 9.88 Å². The number of allylic oxidation sites excluding steroid dienone is 1. The molecular weight excluding hydrogens is 393 g/mol. The Morgan fingerprint density at radius 1 is 1.10 bits per heavy atom. The summed E-state index contributed by atoms with van der Waals surface area (Å²) in [5, 5.41) is 3.25. The third-order valence-electron chi connectivity index (χ3n) is 5.21. The highest BCUT2D eigenvalue weighted by atomic mass is 19.1. The van der Waals surface area contributed by atoms with Gasteiger partial charge in [0.25, 0.3) is 0 Å². The summed E-state index contributed by atoms with van der Waals surface area (Å²) in [5.41, 5.74) is 4.39. The summed E-state index contributed by atoms with van der Waals surface area (Å²) >= 11 is 0. The predicted molar refractivity (Wildman–Crippen MR) is 118 cm³/mol. The van der Waals surface area contributed by atoms with Gasteiger partial charge in [0.05, 0.1) is 23.4 Å². The average Bonchev–Trinajstić information content (AvgIpc) is 3.51. The summed E-state index contributed by atoms with van der Waals surface area (Å²) in [6.45, 7) is 2.89. The molecule has 0 radical (unpaired) electrons. The van der Waals surface area contributed by atoms with Crippen molar-refractivity contribution in [2.75, 3.05) is 11.9 Å². The second-order valence-corrected chi connectivity index (χ2v) is 7.39. The van der Waals surface area contributed by atoms with Crippen molar-refractivity contribution in [2.45, 2.75) is 26.2 Å². The monoisotopic (exact) mass is 415 g/mol. The number of halogens is 1. The van der Waals surface area contributed by atoms with E-state index in [4.69, 9.17) is 9.97 Å². The first-order valence-electron chi connectivity index (χ1n) is 10.4. The van der Waals surface area contributed by atoms with E-state index in [9.17, 15) is 4.39 Å². The summed E-state index contributed by atoms with van der Waals surface area (Å²) in [6, 6.07) is 8.32. The van der Waals surface area contributed by atoms with Crippen molar-refractivity contribution in [2.24, 2.45) is 0 Å². The highest BCUT2D eigenvalue weighted by molar-refractivity contribution is 5.83. The fourth-order valence-corrected chi connectivity index (χ4v) is 3.79. The van der Waals surface area contributed by atoms with E-state index < -0.39 is 0 Å². The fourth-order valence-electron chi connectivity index (χ4n) is 3.79. The highest BCUT2D eigenvalue weighted by Crippen LogP contribution is 2.39. The van der Waals surface area contributed by atoms with E-state index >= 15 is 0 Å². The molecule has 0 atom stereocenters. The van der Waals surface area contributed by atoms with Crippen LogP contribution in [0.4, 0.5) is 10.3 Å². The van der Waals surface area contributed by atoms with Crippen LogP contribution < -0.4 is 5.32 Å². The molecule has 8 heteroatoms. The molecule has 0 bridgehead atoms. The maximum Gasteiger partial charge on any atom is 0.223 e. The minimum Gasteiger partial charge on any atom is -0.354 e. The molecule has 1 aliphatic heterocycles. The van der Waals surface area contributed by atoms with Gasteiger partial charge >= 0.3 is 0 Å². The van der Waals surface area contributed by atoms with Crippen LogP contribution in [-0.2, 0) is 6.42 Å². The summed E-state index contributed by atoms with van der Waals surface area (Å²) in [5.74, 6) is 1.27. The van der Waals surface area contributed by atoms with E-state index in [1.54, 1.807) is 30.9 Å². The summed E-state index contributed by atoms with van der Waals surface area (Å²) in [4.78, 5) is 18.2. The van der Waals surface area contributed by atoms with Crippen molar-refractivity contribution >= 4 is 17.8 Å². The maximum atomic E-state index is 13.6. The molecule has 4 heterocycles. The Kier molecular flexibility index (Phi) is 5.03. The van der Waals surface area contributed by atoms with E-state index in [2.05, 4.69) is 33.0 Å². The van der Waals surface area contributed by atoms with Gasteiger partial charge in [0.15, 0.2) is 0 Å². The number of imidazole rings is 2. The third kappa shape index (κ3) is 3.72. The Morgan fingerprint density at radius 2 is 1.97 bits per heavy atom. The van der Waals surface area contributed by atoms with Crippen LogP contribution in [0.25, 0.3) is 34.5 Å². The number of hydrogen-bond donors (Lipinski definition) is 1. The normalized spacial score (nSPS) is 14.2. The van der Waals surface area contributed by atoms with Crippen LogP contribution in [0, 0.1) is 5.82 Å². The number of aromatic nitrogens is 6. The molecule has 5 rings (SSSR count). The van der Waals surface area contributed by atoms with Crippen LogP contribution in [0.15, 0.2) is 55.2 Å². The van der Waals surface area contributed by atoms with Gasteiger partial charge in [-0.05, 0) is 43.2 Å². The minimum atomic E-state index is -0.272. The number of rotatable bonds is 6. The molecule has 1 aliphatic rings. The Balaban J connectivity index is 1.69. The van der Waals surface area contributed by atoms with Crippen molar-refractivity contribution in [3.05, 3.63) is 66.9 Å². The number of aryl methyl sites for hydroxylation is 1. The van der Waals surface area contributed by atoms with E-state index in [1.165, 1.54) is 12.1 Å². The van der Waals surface area contributed by atoms with E-state index in [1.807, 2.05) is 16.8 Å². The lowest BCUT2D eigenvalue weighted by molar-refractivity contribution is 0.628. The van der Waals surface area contributed by atoms with Crippen LogP contribution in [-0.4, -0.2) is 35.6 Å². The maximum absolute atomic E-state index is 13.6. The molecule has 0 unspecified atom stereocenters. The molecule has 31 heavy (non-hydrogen) atoms. The summed E-state index contributed by atoms with van der Waals surface area (Å²) in [6.07, 6.45) is 11.9. The third-order valence-corrected chi connectivity index (χ3v) is 5.21. The van der Waals surface area contributed by atoms with Gasteiger partial charge in [0.1, 0.15) is 11.6 Å². The smallest absolute Gasteiger partial charge is 0.223 e. The first-order valence-corrected chi connectivity index (χ1v) is 10.4. The van der Waals surface area contributed by atoms with Crippen LogP contribution >= 0.6 is 0 Å². The van der Waals surface area contributed by atoms with Crippen LogP contribution in [0.1, 0.15) is 25.6 Å². The molecule has 0 aliphatic carbocycles. The minimum absolute atomic E-state index is 0.272. The molecule has 0 spiro atoms. The topological polar surface area (TPSA) is 73.5 Å². The molecule has 4 aromatic rings. The predicted octanol–water partition coefficient (Wildman–Crippen LogP) is 4.57. The molecule has 0 amide bonds. The van der Waals surface area contributed by atoms with Crippen molar-refractivity contribution < 1.29 is 4.39 Å². The molecule has 3 aromatic heterocycles. The van der Waals surface area contributed by atoms with E-state index in [0.717, 1.165) is 60.0 Å². The van der Waals surface area contributed by atoms with Gasteiger partial charge in [0, 0.05) is 49.0 Å². The number of benzene rings is 1. The number of nitrogens with one attached hydrogen (secondary N) is 1. The van der Waals surface area contributed by atoms with Crippen LogP contribution in [0.3, 0.4) is 0 Å². The van der Waals surface area contributed by atoms with Crippen molar-refractivity contribution in [3.63, 3.8) is 0 Å². The molecular formula is C23H22FN7. The quantitative estimate of drug-likeness (QED) is 0.500. The molecule has 0 saturated carbocycles. The molecule has 0 fully saturated rings. The van der Waals surface area contributed by atoms with Gasteiger partial charge in [0.2, 0.25) is 5.95 Å². The van der Waals surface area contributed by atoms with Gasteiger partial charge in [-0.1, -0.05) is 6.92 Å². The van der Waals surface area contributed by atoms with Gasteiger partial charge in [-0.2, -0.15) is 0 Å². The molecule has 0 saturated heterocycles. The van der Waals surface area contributed by atoms with Crippen LogP contribution in [0.5, 0.6) is 0 Å². The van der Waals surface area contributed by atoms with E-state index in [0.29, 0.717) is 5.95 Å². The fraction of sp³-hybridized carbons (Fsp3) is 0.217. The molecule has 156 valence electrons. The molecule has 1 aromatic carbocycles. The lowest BCUT2D eigenvalue weighted by Gasteiger charge is -2.12. The second kappa shape index (κ2) is 8.14. The zero-order valence-electron chi connectivity index (χ0n) is 17.2. The zero-order valence-corrected chi connectivity index (χ0v) is 17.2. The average molecular weight is 415 g/mol. The van der Waals surface area contributed by atoms with Gasteiger partial charge in [-0.25, -0.2) is 24.3 Å². The second-order valence-electron chi connectivity index (χ2n) is 7.39. The number of fused-ring (bicyclic) bond motifs is 1. The lowest BCUT2D eigenvalue weighted by atomic mass is 10.1. The highest BCUT2D eigenvalue weighted by Gasteiger charge is 2.27. The van der Waals surface area contributed by atoms with Crippen molar-refractivity contribution in [1.82, 2.24) is 29.1 Å².